The summed E-state index contributed by atoms with van der Waals surface area (Å²) in [5, 5.41) is 0. The SMILES string of the molecule is Cc1cccc(-c2nc(CC(C)C)cc(NN)n2)n1. The Bertz CT molecular complexity index is 566. The van der Waals surface area contributed by atoms with Gasteiger partial charge in [0.05, 0.1) is 0 Å². The number of aryl methyl sites for hydroxylation is 1. The van der Waals surface area contributed by atoms with E-state index in [1.54, 1.807) is 0 Å². The first-order valence-corrected chi connectivity index (χ1v) is 6.37. The molecule has 5 nitrogen and oxygen atoms in total. The number of hydrazine groups is 1. The van der Waals surface area contributed by atoms with E-state index in [4.69, 9.17) is 5.84 Å². The van der Waals surface area contributed by atoms with Crippen molar-refractivity contribution in [2.75, 3.05) is 5.43 Å². The molecule has 0 bridgehead atoms. The summed E-state index contributed by atoms with van der Waals surface area (Å²) in [6, 6.07) is 7.68. The van der Waals surface area contributed by atoms with Gasteiger partial charge in [-0.1, -0.05) is 19.9 Å². The zero-order valence-electron chi connectivity index (χ0n) is 11.5. The van der Waals surface area contributed by atoms with Gasteiger partial charge in [0.25, 0.3) is 0 Å². The zero-order valence-corrected chi connectivity index (χ0v) is 11.5. The molecule has 0 saturated carbocycles. The predicted molar refractivity (Wildman–Crippen MR) is 76.4 cm³/mol. The number of aromatic nitrogens is 3. The van der Waals surface area contributed by atoms with Crippen LogP contribution in [0.25, 0.3) is 11.5 Å². The molecule has 0 aliphatic rings. The Kier molecular flexibility index (Phi) is 4.06. The van der Waals surface area contributed by atoms with Crippen LogP contribution in [0.15, 0.2) is 24.3 Å². The minimum absolute atomic E-state index is 0.527. The van der Waals surface area contributed by atoms with Gasteiger partial charge in [-0.25, -0.2) is 20.8 Å². The molecule has 2 aromatic heterocycles. The Labute approximate surface area is 113 Å². The second kappa shape index (κ2) is 5.75. The molecule has 19 heavy (non-hydrogen) atoms. The van der Waals surface area contributed by atoms with Gasteiger partial charge in [0.2, 0.25) is 0 Å². The van der Waals surface area contributed by atoms with Crippen LogP contribution in [0, 0.1) is 12.8 Å². The fourth-order valence-corrected chi connectivity index (χ4v) is 1.88. The highest BCUT2D eigenvalue weighted by atomic mass is 15.3. The molecule has 0 spiro atoms. The largest absolute Gasteiger partial charge is 0.308 e. The summed E-state index contributed by atoms with van der Waals surface area (Å²) in [4.78, 5) is 13.4. The van der Waals surface area contributed by atoms with Crippen LogP contribution in [0.3, 0.4) is 0 Å². The first-order valence-electron chi connectivity index (χ1n) is 6.37. The van der Waals surface area contributed by atoms with E-state index >= 15 is 0 Å². The van der Waals surface area contributed by atoms with Crippen molar-refractivity contribution >= 4 is 5.82 Å². The molecule has 5 heteroatoms. The van der Waals surface area contributed by atoms with Crippen LogP contribution in [-0.2, 0) is 6.42 Å². The lowest BCUT2D eigenvalue weighted by Gasteiger charge is -2.09. The zero-order chi connectivity index (χ0) is 13.8. The maximum absolute atomic E-state index is 5.47. The summed E-state index contributed by atoms with van der Waals surface area (Å²) in [5.41, 5.74) is 5.26. The molecular weight excluding hydrogens is 238 g/mol. The molecule has 100 valence electrons. The summed E-state index contributed by atoms with van der Waals surface area (Å²) in [6.45, 7) is 6.26. The van der Waals surface area contributed by atoms with Gasteiger partial charge >= 0.3 is 0 Å². The minimum Gasteiger partial charge on any atom is -0.308 e. The molecule has 0 aliphatic carbocycles. The van der Waals surface area contributed by atoms with Gasteiger partial charge in [-0.3, -0.25) is 0 Å². The topological polar surface area (TPSA) is 76.7 Å². The van der Waals surface area contributed by atoms with E-state index in [2.05, 4.69) is 34.2 Å². The quantitative estimate of drug-likeness (QED) is 0.649. The van der Waals surface area contributed by atoms with Gasteiger partial charge < -0.3 is 5.43 Å². The Morgan fingerprint density at radius 1 is 1.21 bits per heavy atom. The van der Waals surface area contributed by atoms with E-state index in [9.17, 15) is 0 Å². The van der Waals surface area contributed by atoms with Crippen molar-refractivity contribution in [2.45, 2.75) is 27.2 Å². The highest BCUT2D eigenvalue weighted by Crippen LogP contribution is 2.17. The number of pyridine rings is 1. The molecule has 0 fully saturated rings. The van der Waals surface area contributed by atoms with Gasteiger partial charge in [-0.2, -0.15) is 0 Å². The number of anilines is 1. The Hall–Kier alpha value is -2.01. The fourth-order valence-electron chi connectivity index (χ4n) is 1.88. The smallest absolute Gasteiger partial charge is 0.180 e. The molecular formula is C14H19N5. The van der Waals surface area contributed by atoms with Gasteiger partial charge in [-0.05, 0) is 31.4 Å². The molecule has 2 aromatic rings. The average molecular weight is 257 g/mol. The van der Waals surface area contributed by atoms with Crippen LogP contribution in [0.4, 0.5) is 5.82 Å². The monoisotopic (exact) mass is 257 g/mol. The third-order valence-electron chi connectivity index (χ3n) is 2.66. The lowest BCUT2D eigenvalue weighted by atomic mass is 10.1. The summed E-state index contributed by atoms with van der Waals surface area (Å²) in [7, 11) is 0. The fraction of sp³-hybridized carbons (Fsp3) is 0.357. The number of nitrogens with two attached hydrogens (primary N) is 1. The lowest BCUT2D eigenvalue weighted by molar-refractivity contribution is 0.634. The van der Waals surface area contributed by atoms with Crippen molar-refractivity contribution in [1.29, 1.82) is 0 Å². The van der Waals surface area contributed by atoms with Crippen molar-refractivity contribution in [1.82, 2.24) is 15.0 Å². The van der Waals surface area contributed by atoms with Gasteiger partial charge in [0.1, 0.15) is 11.5 Å². The summed E-state index contributed by atoms with van der Waals surface area (Å²) in [5.74, 6) is 7.21. The number of hydrogen-bond donors (Lipinski definition) is 2. The van der Waals surface area contributed by atoms with Crippen molar-refractivity contribution in [3.05, 3.63) is 35.7 Å². The number of nitrogen functional groups attached to an aromatic ring is 1. The van der Waals surface area contributed by atoms with Crippen molar-refractivity contribution < 1.29 is 0 Å². The molecule has 3 N–H and O–H groups in total. The Balaban J connectivity index is 2.44. The van der Waals surface area contributed by atoms with Gasteiger partial charge in [-0.15, -0.1) is 0 Å². The number of rotatable bonds is 4. The normalized spacial score (nSPS) is 10.8. The lowest BCUT2D eigenvalue weighted by Crippen LogP contribution is -2.11. The van der Waals surface area contributed by atoms with Crippen LogP contribution >= 0.6 is 0 Å². The number of nitrogens with one attached hydrogen (secondary N) is 1. The predicted octanol–water partition coefficient (Wildman–Crippen LogP) is 2.33. The van der Waals surface area contributed by atoms with Gasteiger partial charge in [0.15, 0.2) is 5.82 Å². The molecule has 0 aliphatic heterocycles. The van der Waals surface area contributed by atoms with Crippen LogP contribution in [-0.4, -0.2) is 15.0 Å². The molecule has 0 saturated heterocycles. The van der Waals surface area contributed by atoms with Gasteiger partial charge in [0, 0.05) is 17.5 Å². The molecule has 0 unspecified atom stereocenters. The first-order chi connectivity index (χ1) is 9.08. The number of hydrogen-bond acceptors (Lipinski definition) is 5. The van der Waals surface area contributed by atoms with E-state index in [1.807, 2.05) is 31.2 Å². The van der Waals surface area contributed by atoms with E-state index in [-0.39, 0.29) is 0 Å². The second-order valence-electron chi connectivity index (χ2n) is 4.97. The van der Waals surface area contributed by atoms with E-state index < -0.39 is 0 Å². The third-order valence-corrected chi connectivity index (χ3v) is 2.66. The van der Waals surface area contributed by atoms with Crippen LogP contribution < -0.4 is 11.3 Å². The van der Waals surface area contributed by atoms with Crippen LogP contribution in [0.5, 0.6) is 0 Å². The van der Waals surface area contributed by atoms with Crippen LogP contribution in [0.2, 0.25) is 0 Å². The van der Waals surface area contributed by atoms with Crippen LogP contribution in [0.1, 0.15) is 25.2 Å². The Morgan fingerprint density at radius 3 is 2.63 bits per heavy atom. The van der Waals surface area contributed by atoms with Crippen molar-refractivity contribution in [3.8, 4) is 11.5 Å². The summed E-state index contributed by atoms with van der Waals surface area (Å²) in [6.07, 6.45) is 0.885. The molecule has 2 heterocycles. The summed E-state index contributed by atoms with van der Waals surface area (Å²) < 4.78 is 0. The Morgan fingerprint density at radius 2 is 2.00 bits per heavy atom. The third kappa shape index (κ3) is 3.48. The molecule has 0 radical (unpaired) electrons. The molecule has 2 rings (SSSR count). The molecule has 0 aromatic carbocycles. The second-order valence-corrected chi connectivity index (χ2v) is 4.97. The average Bonchev–Trinajstić information content (AvgIpc) is 2.37. The first kappa shape index (κ1) is 13.4. The van der Waals surface area contributed by atoms with Crippen molar-refractivity contribution in [3.63, 3.8) is 0 Å². The van der Waals surface area contributed by atoms with E-state index in [1.165, 1.54) is 0 Å². The maximum atomic E-state index is 5.47. The van der Waals surface area contributed by atoms with Crippen molar-refractivity contribution in [2.24, 2.45) is 11.8 Å². The maximum Gasteiger partial charge on any atom is 0.180 e. The summed E-state index contributed by atoms with van der Waals surface area (Å²) >= 11 is 0. The van der Waals surface area contributed by atoms with E-state index in [0.717, 1.165) is 23.5 Å². The highest BCUT2D eigenvalue weighted by molar-refractivity contribution is 5.53. The molecule has 0 atom stereocenters. The van der Waals surface area contributed by atoms with E-state index in [0.29, 0.717) is 17.6 Å². The highest BCUT2D eigenvalue weighted by Gasteiger charge is 2.09. The molecule has 0 amide bonds. The minimum atomic E-state index is 0.527. The number of nitrogens with zero attached hydrogens (tertiary/aromatic N) is 3. The standard InChI is InChI=1S/C14H19N5/c1-9(2)7-11-8-13(19-15)18-14(17-11)12-6-4-5-10(3)16-12/h4-6,8-9H,7,15H2,1-3H3,(H,17,18,19).